The van der Waals surface area contributed by atoms with Crippen molar-refractivity contribution < 1.29 is 13.9 Å². The maximum Gasteiger partial charge on any atom is 0.269 e. The van der Waals surface area contributed by atoms with Crippen LogP contribution in [0.2, 0.25) is 0 Å². The van der Waals surface area contributed by atoms with Crippen LogP contribution in [0.25, 0.3) is 0 Å². The van der Waals surface area contributed by atoms with E-state index in [9.17, 15) is 9.18 Å². The third-order valence-electron chi connectivity index (χ3n) is 2.98. The lowest BCUT2D eigenvalue weighted by molar-refractivity contribution is 0.0994. The molecule has 0 bridgehead atoms. The highest BCUT2D eigenvalue weighted by Crippen LogP contribution is 2.15. The van der Waals surface area contributed by atoms with Gasteiger partial charge in [0.2, 0.25) is 0 Å². The van der Waals surface area contributed by atoms with Crippen molar-refractivity contribution in [2.24, 2.45) is 5.73 Å². The van der Waals surface area contributed by atoms with Crippen LogP contribution < -0.4 is 15.8 Å². The molecule has 7 heteroatoms. The van der Waals surface area contributed by atoms with Crippen molar-refractivity contribution in [2.75, 3.05) is 11.9 Å². The lowest BCUT2D eigenvalue weighted by Crippen LogP contribution is -2.26. The number of aromatic nitrogens is 2. The molecule has 22 heavy (non-hydrogen) atoms. The zero-order valence-electron chi connectivity index (χ0n) is 12.1. The first kappa shape index (κ1) is 15.7. The highest BCUT2D eigenvalue weighted by molar-refractivity contribution is 5.90. The molecule has 6 nitrogen and oxygen atoms in total. The molecule has 1 heterocycles. The van der Waals surface area contributed by atoms with E-state index in [0.29, 0.717) is 18.1 Å². The molecule has 0 saturated carbocycles. The van der Waals surface area contributed by atoms with Gasteiger partial charge in [0.1, 0.15) is 23.5 Å². The van der Waals surface area contributed by atoms with Crippen LogP contribution in [0.4, 0.5) is 10.2 Å². The predicted molar refractivity (Wildman–Crippen MR) is 80.1 cm³/mol. The number of nitrogens with zero attached hydrogens (tertiary/aromatic N) is 2. The summed E-state index contributed by atoms with van der Waals surface area (Å²) in [6.07, 6.45) is 0.579. The number of hydrogen-bond donors (Lipinski definition) is 2. The minimum Gasteiger partial charge on any atom is -0.489 e. The number of anilines is 1. The van der Waals surface area contributed by atoms with Gasteiger partial charge in [-0.15, -0.1) is 10.2 Å². The van der Waals surface area contributed by atoms with Crippen molar-refractivity contribution in [2.45, 2.75) is 19.4 Å². The van der Waals surface area contributed by atoms with Gasteiger partial charge < -0.3 is 15.8 Å². The molecule has 0 unspecified atom stereocenters. The Morgan fingerprint density at radius 3 is 2.77 bits per heavy atom. The lowest BCUT2D eigenvalue weighted by Gasteiger charge is -2.18. The average Bonchev–Trinajstić information content (AvgIpc) is 2.52. The van der Waals surface area contributed by atoms with Crippen molar-refractivity contribution >= 4 is 11.7 Å². The molecule has 0 aliphatic carbocycles. The molecule has 1 atom stereocenters. The topological polar surface area (TPSA) is 90.1 Å². The van der Waals surface area contributed by atoms with E-state index in [0.717, 1.165) is 6.42 Å². The minimum absolute atomic E-state index is 0.105. The van der Waals surface area contributed by atoms with Crippen LogP contribution in [0.15, 0.2) is 36.4 Å². The molecule has 0 fully saturated rings. The Balaban J connectivity index is 1.91. The number of hydrogen-bond acceptors (Lipinski definition) is 5. The normalized spacial score (nSPS) is 11.7. The summed E-state index contributed by atoms with van der Waals surface area (Å²) in [4.78, 5) is 10.9. The van der Waals surface area contributed by atoms with E-state index in [1.165, 1.54) is 18.2 Å². The number of nitrogens with one attached hydrogen (secondary N) is 1. The van der Waals surface area contributed by atoms with Crippen LogP contribution in [-0.2, 0) is 0 Å². The van der Waals surface area contributed by atoms with Crippen LogP contribution >= 0.6 is 0 Å². The number of carbonyl (C=O) groups is 1. The lowest BCUT2D eigenvalue weighted by atomic mass is 10.2. The molecule has 3 N–H and O–H groups in total. The predicted octanol–water partition coefficient (Wildman–Crippen LogP) is 1.98. The SMILES string of the molecule is CC[C@@H](CNc1ccc(C(N)=O)nn1)Oc1cccc(F)c1. The van der Waals surface area contributed by atoms with Crippen molar-refractivity contribution in [3.63, 3.8) is 0 Å². The number of carbonyl (C=O) groups excluding carboxylic acids is 1. The van der Waals surface area contributed by atoms with Gasteiger partial charge in [0, 0.05) is 6.07 Å². The Bertz CT molecular complexity index is 634. The third kappa shape index (κ3) is 4.41. The summed E-state index contributed by atoms with van der Waals surface area (Å²) in [6, 6.07) is 9.10. The number of halogens is 1. The number of nitrogens with two attached hydrogens (primary N) is 1. The number of benzene rings is 1. The second kappa shape index (κ2) is 7.35. The van der Waals surface area contributed by atoms with Crippen LogP contribution in [0.3, 0.4) is 0 Å². The molecule has 0 saturated heterocycles. The number of amides is 1. The van der Waals surface area contributed by atoms with Gasteiger partial charge >= 0.3 is 0 Å². The molecule has 0 spiro atoms. The van der Waals surface area contributed by atoms with E-state index in [-0.39, 0.29) is 17.6 Å². The number of ether oxygens (including phenoxy) is 1. The fraction of sp³-hybridized carbons (Fsp3) is 0.267. The monoisotopic (exact) mass is 304 g/mol. The number of rotatable bonds is 7. The van der Waals surface area contributed by atoms with Crippen LogP contribution in [0.1, 0.15) is 23.8 Å². The highest BCUT2D eigenvalue weighted by Gasteiger charge is 2.10. The second-order valence-corrected chi connectivity index (χ2v) is 4.65. The summed E-state index contributed by atoms with van der Waals surface area (Å²) in [5, 5.41) is 10.6. The molecule has 2 rings (SSSR count). The summed E-state index contributed by atoms with van der Waals surface area (Å²) in [5.41, 5.74) is 5.20. The van der Waals surface area contributed by atoms with Crippen molar-refractivity contribution in [1.82, 2.24) is 10.2 Å². The molecule has 1 aromatic carbocycles. The summed E-state index contributed by atoms with van der Waals surface area (Å²) in [7, 11) is 0. The fourth-order valence-corrected chi connectivity index (χ4v) is 1.78. The summed E-state index contributed by atoms with van der Waals surface area (Å²) in [5.74, 6) is 0.0169. The van der Waals surface area contributed by atoms with Gasteiger partial charge in [-0.05, 0) is 30.7 Å². The molecule has 0 radical (unpaired) electrons. The van der Waals surface area contributed by atoms with Crippen LogP contribution in [0, 0.1) is 5.82 Å². The van der Waals surface area contributed by atoms with E-state index < -0.39 is 5.91 Å². The third-order valence-corrected chi connectivity index (χ3v) is 2.98. The molecule has 0 aliphatic rings. The van der Waals surface area contributed by atoms with Gasteiger partial charge in [-0.2, -0.15) is 0 Å². The van der Waals surface area contributed by atoms with Crippen molar-refractivity contribution in [1.29, 1.82) is 0 Å². The largest absolute Gasteiger partial charge is 0.489 e. The van der Waals surface area contributed by atoms with E-state index in [1.54, 1.807) is 18.2 Å². The Morgan fingerprint density at radius 2 is 2.18 bits per heavy atom. The molecule has 1 aromatic heterocycles. The zero-order chi connectivity index (χ0) is 15.9. The zero-order valence-corrected chi connectivity index (χ0v) is 12.1. The molecular formula is C15H17FN4O2. The van der Waals surface area contributed by atoms with E-state index in [2.05, 4.69) is 15.5 Å². The fourth-order valence-electron chi connectivity index (χ4n) is 1.78. The Labute approximate surface area is 127 Å². The summed E-state index contributed by atoms with van der Waals surface area (Å²) in [6.45, 7) is 2.44. The smallest absolute Gasteiger partial charge is 0.269 e. The molecular weight excluding hydrogens is 287 g/mol. The van der Waals surface area contributed by atoms with Gasteiger partial charge in [-0.3, -0.25) is 4.79 Å². The first-order valence-corrected chi connectivity index (χ1v) is 6.88. The van der Waals surface area contributed by atoms with Gasteiger partial charge in [-0.1, -0.05) is 13.0 Å². The van der Waals surface area contributed by atoms with Crippen molar-refractivity contribution in [3.8, 4) is 5.75 Å². The molecule has 116 valence electrons. The molecule has 1 amide bonds. The van der Waals surface area contributed by atoms with Crippen LogP contribution in [-0.4, -0.2) is 28.8 Å². The van der Waals surface area contributed by atoms with Crippen molar-refractivity contribution in [3.05, 3.63) is 47.9 Å². The van der Waals surface area contributed by atoms with Gasteiger partial charge in [-0.25, -0.2) is 4.39 Å². The molecule has 2 aromatic rings. The maximum absolute atomic E-state index is 13.1. The minimum atomic E-state index is -0.625. The first-order valence-electron chi connectivity index (χ1n) is 6.88. The van der Waals surface area contributed by atoms with Crippen LogP contribution in [0.5, 0.6) is 5.75 Å². The average molecular weight is 304 g/mol. The van der Waals surface area contributed by atoms with E-state index >= 15 is 0 Å². The number of primary amides is 1. The first-order chi connectivity index (χ1) is 10.6. The van der Waals surface area contributed by atoms with Gasteiger partial charge in [0.15, 0.2) is 5.69 Å². The Morgan fingerprint density at radius 1 is 1.36 bits per heavy atom. The summed E-state index contributed by atoms with van der Waals surface area (Å²) < 4.78 is 18.8. The standard InChI is InChI=1S/C15H17FN4O2/c1-2-11(22-12-5-3-4-10(16)8-12)9-18-14-7-6-13(15(17)21)19-20-14/h3-8,11H,2,9H2,1H3,(H2,17,21)(H,18,20)/t11-/m0/s1. The van der Waals surface area contributed by atoms with E-state index in [4.69, 9.17) is 10.5 Å². The second-order valence-electron chi connectivity index (χ2n) is 4.65. The van der Waals surface area contributed by atoms with Gasteiger partial charge in [0.25, 0.3) is 5.91 Å². The molecule has 0 aliphatic heterocycles. The van der Waals surface area contributed by atoms with E-state index in [1.807, 2.05) is 6.92 Å². The Hall–Kier alpha value is -2.70. The Kier molecular flexibility index (Phi) is 5.24. The summed E-state index contributed by atoms with van der Waals surface area (Å²) >= 11 is 0. The van der Waals surface area contributed by atoms with Gasteiger partial charge in [0.05, 0.1) is 6.54 Å². The maximum atomic E-state index is 13.1. The highest BCUT2D eigenvalue weighted by atomic mass is 19.1. The quantitative estimate of drug-likeness (QED) is 0.816.